The molecule has 1 aromatic rings. The molecule has 0 radical (unpaired) electrons. The highest BCUT2D eigenvalue weighted by Gasteiger charge is 2.42. The maximum atomic E-state index is 6.53. The van der Waals surface area contributed by atoms with E-state index < -0.39 is 0 Å². The maximum absolute atomic E-state index is 6.53. The van der Waals surface area contributed by atoms with Gasteiger partial charge >= 0.3 is 0 Å². The van der Waals surface area contributed by atoms with Gasteiger partial charge in [-0.1, -0.05) is 25.4 Å². The van der Waals surface area contributed by atoms with Crippen LogP contribution >= 0.6 is 11.6 Å². The van der Waals surface area contributed by atoms with E-state index in [9.17, 15) is 0 Å². The molecular weight excluding hydrogens is 286 g/mol. The van der Waals surface area contributed by atoms with Crippen molar-refractivity contribution in [3.8, 4) is 0 Å². The van der Waals surface area contributed by atoms with Crippen molar-refractivity contribution in [1.82, 2.24) is 15.1 Å². The van der Waals surface area contributed by atoms with Gasteiger partial charge in [-0.3, -0.25) is 4.68 Å². The number of rotatable bonds is 7. The quantitative estimate of drug-likeness (QED) is 0.787. The molecule has 1 N–H and O–H groups in total. The number of hydrogen-bond donors (Lipinski definition) is 1. The Hall–Kier alpha value is -0.580. The van der Waals surface area contributed by atoms with Crippen molar-refractivity contribution >= 4 is 11.6 Å². The van der Waals surface area contributed by atoms with Crippen LogP contribution in [-0.4, -0.2) is 35.6 Å². The number of hydrogen-bond acceptors (Lipinski definition) is 3. The molecule has 5 heteroatoms. The van der Waals surface area contributed by atoms with Gasteiger partial charge < -0.3 is 10.1 Å². The summed E-state index contributed by atoms with van der Waals surface area (Å²) < 4.78 is 7.82. The molecule has 0 bridgehead atoms. The second-order valence-electron chi connectivity index (χ2n) is 6.16. The fraction of sp³-hybridized carbons (Fsp3) is 0.812. The van der Waals surface area contributed by atoms with Crippen molar-refractivity contribution in [3.63, 3.8) is 0 Å². The van der Waals surface area contributed by atoms with Crippen LogP contribution in [0.25, 0.3) is 0 Å². The van der Waals surface area contributed by atoms with E-state index in [1.54, 1.807) is 0 Å². The Labute approximate surface area is 133 Å². The predicted octanol–water partition coefficient (Wildman–Crippen LogP) is 2.97. The summed E-state index contributed by atoms with van der Waals surface area (Å²) in [7, 11) is 1.99. The normalized spacial score (nSPS) is 25.7. The predicted molar refractivity (Wildman–Crippen MR) is 86.9 cm³/mol. The van der Waals surface area contributed by atoms with Crippen LogP contribution in [0.5, 0.6) is 0 Å². The topological polar surface area (TPSA) is 39.1 Å². The Bertz CT molecular complexity index is 474. The van der Waals surface area contributed by atoms with Gasteiger partial charge in [0.05, 0.1) is 22.5 Å². The average Bonchev–Trinajstić information content (AvgIpc) is 2.95. The van der Waals surface area contributed by atoms with Gasteiger partial charge in [0.2, 0.25) is 0 Å². The van der Waals surface area contributed by atoms with E-state index in [1.165, 1.54) is 0 Å². The zero-order valence-corrected chi connectivity index (χ0v) is 14.5. The van der Waals surface area contributed by atoms with E-state index in [0.717, 1.165) is 61.8 Å². The summed E-state index contributed by atoms with van der Waals surface area (Å²) in [6, 6.07) is 0. The van der Waals surface area contributed by atoms with E-state index in [-0.39, 0.29) is 11.5 Å². The first-order valence-electron chi connectivity index (χ1n) is 8.06. The molecule has 1 fully saturated rings. The molecule has 1 saturated heterocycles. The number of nitrogens with zero attached hydrogens (tertiary/aromatic N) is 2. The minimum Gasteiger partial charge on any atom is -0.378 e. The molecule has 120 valence electrons. The van der Waals surface area contributed by atoms with Crippen molar-refractivity contribution in [2.45, 2.75) is 52.6 Å². The number of nitrogens with one attached hydrogen (secondary N) is 1. The molecule has 0 aliphatic carbocycles. The Morgan fingerprint density at radius 2 is 2.24 bits per heavy atom. The molecule has 0 amide bonds. The standard InChI is InChI=1S/C16H28ClN3O/c1-5-8-18-11-16(7-9-21-12(16)3)10-14-15(17)13(6-2)19-20(14)4/h12,18H,5-11H2,1-4H3. The van der Waals surface area contributed by atoms with Crippen molar-refractivity contribution < 1.29 is 4.74 Å². The molecule has 2 unspecified atom stereocenters. The number of halogens is 1. The van der Waals surface area contributed by atoms with E-state index in [0.29, 0.717) is 0 Å². The third-order valence-corrected chi connectivity index (χ3v) is 5.19. The molecule has 21 heavy (non-hydrogen) atoms. The SMILES string of the molecule is CCCNCC1(Cc2c(Cl)c(CC)nn2C)CCOC1C. The summed E-state index contributed by atoms with van der Waals surface area (Å²) in [5.74, 6) is 0. The van der Waals surface area contributed by atoms with Crippen molar-refractivity contribution in [2.75, 3.05) is 19.7 Å². The highest BCUT2D eigenvalue weighted by molar-refractivity contribution is 6.31. The first-order chi connectivity index (χ1) is 10.0. The number of aromatic nitrogens is 2. The summed E-state index contributed by atoms with van der Waals surface area (Å²) in [4.78, 5) is 0. The van der Waals surface area contributed by atoms with Crippen LogP contribution in [0.2, 0.25) is 5.02 Å². The van der Waals surface area contributed by atoms with Crippen molar-refractivity contribution in [3.05, 3.63) is 16.4 Å². The van der Waals surface area contributed by atoms with Gasteiger partial charge in [-0.15, -0.1) is 0 Å². The number of ether oxygens (including phenoxy) is 1. The van der Waals surface area contributed by atoms with Crippen LogP contribution in [0.15, 0.2) is 0 Å². The second-order valence-corrected chi connectivity index (χ2v) is 6.54. The molecule has 0 saturated carbocycles. The molecule has 2 atom stereocenters. The molecule has 2 heterocycles. The van der Waals surface area contributed by atoms with Crippen LogP contribution in [0, 0.1) is 5.41 Å². The fourth-order valence-corrected chi connectivity index (χ4v) is 3.57. The molecule has 4 nitrogen and oxygen atoms in total. The smallest absolute Gasteiger partial charge is 0.0849 e. The molecule has 1 aromatic heterocycles. The Morgan fingerprint density at radius 3 is 2.76 bits per heavy atom. The first kappa shape index (κ1) is 16.8. The summed E-state index contributed by atoms with van der Waals surface area (Å²) in [6.07, 6.45) is 4.27. The zero-order valence-electron chi connectivity index (χ0n) is 13.7. The summed E-state index contributed by atoms with van der Waals surface area (Å²) in [6.45, 7) is 9.34. The lowest BCUT2D eigenvalue weighted by molar-refractivity contribution is 0.0622. The van der Waals surface area contributed by atoms with Gasteiger partial charge in [0.15, 0.2) is 0 Å². The van der Waals surface area contributed by atoms with Gasteiger partial charge in [0, 0.05) is 32.0 Å². The van der Waals surface area contributed by atoms with Crippen LogP contribution in [-0.2, 0) is 24.6 Å². The molecule has 0 spiro atoms. The lowest BCUT2D eigenvalue weighted by Gasteiger charge is -2.32. The molecule has 0 aromatic carbocycles. The molecule has 1 aliphatic heterocycles. The summed E-state index contributed by atoms with van der Waals surface area (Å²) >= 11 is 6.53. The van der Waals surface area contributed by atoms with E-state index in [1.807, 2.05) is 11.7 Å². The van der Waals surface area contributed by atoms with E-state index in [4.69, 9.17) is 16.3 Å². The molecular formula is C16H28ClN3O. The monoisotopic (exact) mass is 313 g/mol. The number of aryl methyl sites for hydroxylation is 2. The van der Waals surface area contributed by atoms with Crippen molar-refractivity contribution in [2.24, 2.45) is 12.5 Å². The fourth-order valence-electron chi connectivity index (χ4n) is 3.21. The second kappa shape index (κ2) is 7.12. The van der Waals surface area contributed by atoms with Crippen LogP contribution in [0.1, 0.15) is 45.0 Å². The minimum absolute atomic E-state index is 0.123. The average molecular weight is 314 g/mol. The van der Waals surface area contributed by atoms with Gasteiger partial charge in [-0.25, -0.2) is 0 Å². The third kappa shape index (κ3) is 3.43. The Kier molecular flexibility index (Phi) is 5.69. The van der Waals surface area contributed by atoms with Crippen LogP contribution < -0.4 is 5.32 Å². The largest absolute Gasteiger partial charge is 0.378 e. The van der Waals surface area contributed by atoms with Crippen LogP contribution in [0.3, 0.4) is 0 Å². The lowest BCUT2D eigenvalue weighted by Crippen LogP contribution is -2.42. The summed E-state index contributed by atoms with van der Waals surface area (Å²) in [5, 5.41) is 8.96. The van der Waals surface area contributed by atoms with Gasteiger partial charge in [0.25, 0.3) is 0 Å². The zero-order chi connectivity index (χ0) is 15.5. The highest BCUT2D eigenvalue weighted by atomic mass is 35.5. The lowest BCUT2D eigenvalue weighted by atomic mass is 9.77. The van der Waals surface area contributed by atoms with Gasteiger partial charge in [-0.05, 0) is 32.7 Å². The molecule has 2 rings (SSSR count). The Balaban J connectivity index is 2.21. The van der Waals surface area contributed by atoms with E-state index in [2.05, 4.69) is 31.2 Å². The Morgan fingerprint density at radius 1 is 1.48 bits per heavy atom. The summed E-state index contributed by atoms with van der Waals surface area (Å²) in [5.41, 5.74) is 2.26. The highest BCUT2D eigenvalue weighted by Crippen LogP contribution is 2.39. The van der Waals surface area contributed by atoms with Gasteiger partial charge in [0.1, 0.15) is 0 Å². The molecule has 1 aliphatic rings. The maximum Gasteiger partial charge on any atom is 0.0849 e. The first-order valence-corrected chi connectivity index (χ1v) is 8.44. The van der Waals surface area contributed by atoms with E-state index >= 15 is 0 Å². The van der Waals surface area contributed by atoms with Gasteiger partial charge in [-0.2, -0.15) is 5.10 Å². The third-order valence-electron chi connectivity index (χ3n) is 4.76. The minimum atomic E-state index is 0.123. The van der Waals surface area contributed by atoms with Crippen LogP contribution in [0.4, 0.5) is 0 Å². The van der Waals surface area contributed by atoms with Crippen molar-refractivity contribution in [1.29, 1.82) is 0 Å².